The highest BCUT2D eigenvalue weighted by Crippen LogP contribution is 2.18. The maximum atomic E-state index is 10.9. The Morgan fingerprint density at radius 2 is 2.05 bits per heavy atom. The Hall–Kier alpha value is -1.31. The summed E-state index contributed by atoms with van der Waals surface area (Å²) in [6, 6.07) is 7.15. The first-order valence-electron chi connectivity index (χ1n) is 6.74. The van der Waals surface area contributed by atoms with Crippen molar-refractivity contribution in [1.82, 2.24) is 5.32 Å². The van der Waals surface area contributed by atoms with Crippen molar-refractivity contribution in [1.29, 1.82) is 0 Å². The van der Waals surface area contributed by atoms with Gasteiger partial charge in [-0.15, -0.1) is 0 Å². The largest absolute Gasteiger partial charge is 0.497 e. The van der Waals surface area contributed by atoms with E-state index in [1.165, 1.54) is 6.26 Å². The molecule has 0 aliphatic heterocycles. The van der Waals surface area contributed by atoms with Gasteiger partial charge in [-0.1, -0.05) is 6.07 Å². The Balaban J connectivity index is 2.17. The first-order valence-corrected chi connectivity index (χ1v) is 8.80. The minimum atomic E-state index is -2.92. The van der Waals surface area contributed by atoms with Crippen LogP contribution in [0.25, 0.3) is 0 Å². The second-order valence-corrected chi connectivity index (χ2v) is 7.09. The molecule has 0 amide bonds. The highest BCUT2D eigenvalue weighted by molar-refractivity contribution is 7.90. The van der Waals surface area contributed by atoms with Crippen LogP contribution >= 0.6 is 0 Å². The zero-order chi connectivity index (χ0) is 15.7. The Bertz CT molecular complexity index is 518. The van der Waals surface area contributed by atoms with Gasteiger partial charge in [0, 0.05) is 18.9 Å². The van der Waals surface area contributed by atoms with Crippen molar-refractivity contribution >= 4 is 9.84 Å². The third kappa shape index (κ3) is 8.54. The van der Waals surface area contributed by atoms with E-state index in [9.17, 15) is 13.5 Å². The van der Waals surface area contributed by atoms with Crippen LogP contribution in [0, 0.1) is 0 Å². The van der Waals surface area contributed by atoms with E-state index >= 15 is 0 Å². The third-order valence-corrected chi connectivity index (χ3v) is 3.76. The molecule has 1 rings (SSSR count). The van der Waals surface area contributed by atoms with E-state index in [0.717, 1.165) is 0 Å². The minimum absolute atomic E-state index is 0.149. The molecular weight excluding hydrogens is 294 g/mol. The molecule has 0 aliphatic rings. The summed E-state index contributed by atoms with van der Waals surface area (Å²) in [5, 5.41) is 12.8. The first-order chi connectivity index (χ1) is 9.90. The molecule has 0 saturated heterocycles. The summed E-state index contributed by atoms with van der Waals surface area (Å²) in [4.78, 5) is 0. The average Bonchev–Trinajstić information content (AvgIpc) is 2.44. The molecule has 0 radical (unpaired) electrons. The molecular formula is C14H23NO5S. The number of nitrogens with one attached hydrogen (secondary N) is 1. The number of hydrogen-bond donors (Lipinski definition) is 2. The Morgan fingerprint density at radius 1 is 1.33 bits per heavy atom. The van der Waals surface area contributed by atoms with Gasteiger partial charge in [-0.25, -0.2) is 8.42 Å². The number of hydrogen-bond acceptors (Lipinski definition) is 6. The van der Waals surface area contributed by atoms with E-state index in [4.69, 9.17) is 9.47 Å². The zero-order valence-corrected chi connectivity index (χ0v) is 13.2. The standard InChI is InChI=1S/C14H23NO5S/c1-19-13-5-3-6-14(9-13)20-11-12(16)10-15-7-4-8-21(2,17)18/h3,5-6,9,12,15-16H,4,7-8,10-11H2,1-2H3. The predicted molar refractivity (Wildman–Crippen MR) is 81.7 cm³/mol. The maximum absolute atomic E-state index is 10.9. The molecule has 7 heteroatoms. The second-order valence-electron chi connectivity index (χ2n) is 4.83. The SMILES string of the molecule is COc1cccc(OCC(O)CNCCCS(C)(=O)=O)c1. The van der Waals surface area contributed by atoms with Crippen LogP contribution in [-0.4, -0.2) is 58.4 Å². The lowest BCUT2D eigenvalue weighted by molar-refractivity contribution is 0.106. The first kappa shape index (κ1) is 17.7. The van der Waals surface area contributed by atoms with Crippen LogP contribution in [0.5, 0.6) is 11.5 Å². The number of methoxy groups -OCH3 is 1. The summed E-state index contributed by atoms with van der Waals surface area (Å²) in [7, 11) is -1.34. The second kappa shape index (κ2) is 8.86. The summed E-state index contributed by atoms with van der Waals surface area (Å²) >= 11 is 0. The van der Waals surface area contributed by atoms with Crippen molar-refractivity contribution in [3.8, 4) is 11.5 Å². The summed E-state index contributed by atoms with van der Waals surface area (Å²) in [5.41, 5.74) is 0. The number of benzene rings is 1. The normalized spacial score (nSPS) is 12.9. The Labute approximate surface area is 126 Å². The van der Waals surface area contributed by atoms with E-state index in [-0.39, 0.29) is 12.4 Å². The minimum Gasteiger partial charge on any atom is -0.497 e. The smallest absolute Gasteiger partial charge is 0.147 e. The highest BCUT2D eigenvalue weighted by atomic mass is 32.2. The van der Waals surface area contributed by atoms with Crippen LogP contribution in [0.15, 0.2) is 24.3 Å². The molecule has 0 bridgehead atoms. The van der Waals surface area contributed by atoms with Gasteiger partial charge < -0.3 is 19.9 Å². The Morgan fingerprint density at radius 3 is 2.71 bits per heavy atom. The highest BCUT2D eigenvalue weighted by Gasteiger charge is 2.06. The quantitative estimate of drug-likeness (QED) is 0.610. The van der Waals surface area contributed by atoms with Gasteiger partial charge >= 0.3 is 0 Å². The molecule has 0 heterocycles. The van der Waals surface area contributed by atoms with Gasteiger partial charge in [-0.2, -0.15) is 0 Å². The molecule has 1 aromatic rings. The fourth-order valence-corrected chi connectivity index (χ4v) is 2.34. The average molecular weight is 317 g/mol. The molecule has 120 valence electrons. The molecule has 2 N–H and O–H groups in total. The van der Waals surface area contributed by atoms with Crippen LogP contribution in [0.1, 0.15) is 6.42 Å². The lowest BCUT2D eigenvalue weighted by Gasteiger charge is -2.13. The molecule has 0 saturated carbocycles. The Kier molecular flexibility index (Phi) is 7.49. The van der Waals surface area contributed by atoms with Crippen LogP contribution in [0.2, 0.25) is 0 Å². The van der Waals surface area contributed by atoms with E-state index < -0.39 is 15.9 Å². The van der Waals surface area contributed by atoms with Crippen LogP contribution in [-0.2, 0) is 9.84 Å². The van der Waals surface area contributed by atoms with E-state index in [1.54, 1.807) is 19.2 Å². The fraction of sp³-hybridized carbons (Fsp3) is 0.571. The molecule has 0 aliphatic carbocycles. The van der Waals surface area contributed by atoms with Gasteiger partial charge in [0.2, 0.25) is 0 Å². The van der Waals surface area contributed by atoms with E-state index in [0.29, 0.717) is 31.0 Å². The van der Waals surface area contributed by atoms with E-state index in [1.807, 2.05) is 12.1 Å². The number of rotatable bonds is 10. The lowest BCUT2D eigenvalue weighted by atomic mass is 10.3. The molecule has 1 atom stereocenters. The number of sulfone groups is 1. The number of aliphatic hydroxyl groups is 1. The van der Waals surface area contributed by atoms with Crippen molar-refractivity contribution in [2.45, 2.75) is 12.5 Å². The van der Waals surface area contributed by atoms with Crippen LogP contribution < -0.4 is 14.8 Å². The van der Waals surface area contributed by atoms with Crippen molar-refractivity contribution in [2.24, 2.45) is 0 Å². The van der Waals surface area contributed by atoms with Gasteiger partial charge in [-0.05, 0) is 25.1 Å². The summed E-state index contributed by atoms with van der Waals surface area (Å²) in [6.45, 7) is 1.06. The van der Waals surface area contributed by atoms with Crippen molar-refractivity contribution < 1.29 is 23.0 Å². The summed E-state index contributed by atoms with van der Waals surface area (Å²) in [5.74, 6) is 1.47. The fourth-order valence-electron chi connectivity index (χ4n) is 1.67. The van der Waals surface area contributed by atoms with Crippen molar-refractivity contribution in [2.75, 3.05) is 38.8 Å². The van der Waals surface area contributed by atoms with Gasteiger partial charge in [0.15, 0.2) is 0 Å². The van der Waals surface area contributed by atoms with Gasteiger partial charge in [-0.3, -0.25) is 0 Å². The molecule has 6 nitrogen and oxygen atoms in total. The van der Waals surface area contributed by atoms with Crippen molar-refractivity contribution in [3.63, 3.8) is 0 Å². The molecule has 21 heavy (non-hydrogen) atoms. The molecule has 0 fully saturated rings. The third-order valence-electron chi connectivity index (χ3n) is 2.73. The number of aliphatic hydroxyl groups excluding tert-OH is 1. The van der Waals surface area contributed by atoms with Gasteiger partial charge in [0.05, 0.1) is 12.9 Å². The number of ether oxygens (including phenoxy) is 2. The topological polar surface area (TPSA) is 84.9 Å². The molecule has 1 aromatic carbocycles. The van der Waals surface area contributed by atoms with E-state index in [2.05, 4.69) is 5.32 Å². The maximum Gasteiger partial charge on any atom is 0.147 e. The predicted octanol–water partition coefficient (Wildman–Crippen LogP) is 0.459. The zero-order valence-electron chi connectivity index (χ0n) is 12.4. The summed E-state index contributed by atoms with van der Waals surface area (Å²) < 4.78 is 32.4. The van der Waals surface area contributed by atoms with Crippen molar-refractivity contribution in [3.05, 3.63) is 24.3 Å². The monoisotopic (exact) mass is 317 g/mol. The van der Waals surface area contributed by atoms with Gasteiger partial charge in [0.1, 0.15) is 34.0 Å². The molecule has 1 unspecified atom stereocenters. The van der Waals surface area contributed by atoms with Gasteiger partial charge in [0.25, 0.3) is 0 Å². The molecule has 0 aromatic heterocycles. The molecule has 0 spiro atoms. The van der Waals surface area contributed by atoms with Crippen LogP contribution in [0.4, 0.5) is 0 Å². The van der Waals surface area contributed by atoms with Crippen LogP contribution in [0.3, 0.4) is 0 Å². The summed E-state index contributed by atoms with van der Waals surface area (Å²) in [6.07, 6.45) is 1.08. The lowest BCUT2D eigenvalue weighted by Crippen LogP contribution is -2.32.